The summed E-state index contributed by atoms with van der Waals surface area (Å²) in [4.78, 5) is 47.7. The van der Waals surface area contributed by atoms with Crippen LogP contribution < -0.4 is 0 Å². The number of carbonyl (C=O) groups excluding carboxylic acids is 2. The van der Waals surface area contributed by atoms with E-state index in [4.69, 9.17) is 14.6 Å². The fourth-order valence-corrected chi connectivity index (χ4v) is 3.93. The lowest BCUT2D eigenvalue weighted by atomic mass is 9.95. The lowest BCUT2D eigenvalue weighted by Gasteiger charge is -2.33. The number of fused-ring (bicyclic) bond motifs is 1. The molecule has 0 bridgehead atoms. The molecule has 1 fully saturated rings. The van der Waals surface area contributed by atoms with Gasteiger partial charge in [0.25, 0.3) is 5.91 Å². The molecule has 0 radical (unpaired) electrons. The second-order valence-corrected chi connectivity index (χ2v) is 8.12. The highest BCUT2D eigenvalue weighted by molar-refractivity contribution is 5.97. The Kier molecular flexibility index (Phi) is 8.31. The molecule has 34 heavy (non-hydrogen) atoms. The highest BCUT2D eigenvalue weighted by Crippen LogP contribution is 2.27. The van der Waals surface area contributed by atoms with Gasteiger partial charge in [0.1, 0.15) is 5.82 Å². The van der Waals surface area contributed by atoms with Gasteiger partial charge in [-0.15, -0.1) is 0 Å². The molecule has 2 aliphatic rings. The van der Waals surface area contributed by atoms with Crippen LogP contribution in [-0.4, -0.2) is 69.8 Å². The zero-order valence-corrected chi connectivity index (χ0v) is 18.4. The number of Topliss-reactive ketones (excluding diaryl/α,β-unsaturated/α-hetero) is 1. The summed E-state index contributed by atoms with van der Waals surface area (Å²) in [6.07, 6.45) is 4.60. The Morgan fingerprint density at radius 1 is 1.03 bits per heavy atom. The molecule has 2 N–H and O–H groups in total. The second-order valence-electron chi connectivity index (χ2n) is 8.12. The minimum Gasteiger partial charge on any atom is -0.478 e. The molecule has 0 aliphatic carbocycles. The molecule has 0 spiro atoms. The van der Waals surface area contributed by atoms with Crippen LogP contribution in [0.25, 0.3) is 0 Å². The first-order chi connectivity index (χ1) is 16.2. The third kappa shape index (κ3) is 6.85. The summed E-state index contributed by atoms with van der Waals surface area (Å²) in [6, 6.07) is 7.56. The third-order valence-corrected chi connectivity index (χ3v) is 5.68. The largest absolute Gasteiger partial charge is 0.478 e. The number of nitrogens with zero attached hydrogens (tertiary/aromatic N) is 2. The quantitative estimate of drug-likeness (QED) is 0.465. The molecule has 1 saturated heterocycles. The minimum absolute atomic E-state index is 0.0149. The molecule has 0 atom stereocenters. The van der Waals surface area contributed by atoms with Gasteiger partial charge < -0.3 is 19.5 Å². The van der Waals surface area contributed by atoms with Crippen LogP contribution in [0.15, 0.2) is 53.2 Å². The first-order valence-electron chi connectivity index (χ1n) is 10.7. The molecule has 9 nitrogen and oxygen atoms in total. The van der Waals surface area contributed by atoms with E-state index in [9.17, 15) is 23.6 Å². The standard InChI is InChI=1S/C20H21FN2O3.C4H4O4/c21-17-3-1-15(2-4-17)18(24)13-22-8-5-14(6-9-22)11-23-12-16-7-10-26-19(16)20(23)25;5-3(6)1-2-4(7)8/h1-4,7,10,14H,5-6,8-9,11-13H2;1-2H,(H,5,6)(H,7,8). The number of halogens is 1. The van der Waals surface area contributed by atoms with E-state index in [0.717, 1.165) is 38.0 Å². The molecule has 2 aromatic rings. The number of carboxylic acid groups (broad SMARTS) is 2. The van der Waals surface area contributed by atoms with Crippen molar-refractivity contribution in [2.24, 2.45) is 5.92 Å². The van der Waals surface area contributed by atoms with Gasteiger partial charge in [-0.05, 0) is 62.2 Å². The Hall–Kier alpha value is -3.79. The zero-order valence-electron chi connectivity index (χ0n) is 18.4. The van der Waals surface area contributed by atoms with Crippen LogP contribution in [0.2, 0.25) is 0 Å². The van der Waals surface area contributed by atoms with Crippen molar-refractivity contribution < 1.29 is 38.2 Å². The Balaban J connectivity index is 0.000000350. The SMILES string of the molecule is O=C(CN1CCC(CN2Cc3ccoc3C2=O)CC1)c1ccc(F)cc1.O=C(O)C=CC(=O)O. The highest BCUT2D eigenvalue weighted by atomic mass is 19.1. The van der Waals surface area contributed by atoms with Crippen molar-refractivity contribution in [2.45, 2.75) is 19.4 Å². The van der Waals surface area contributed by atoms with Crippen LogP contribution in [0.5, 0.6) is 0 Å². The van der Waals surface area contributed by atoms with Crippen molar-refractivity contribution in [1.82, 2.24) is 9.80 Å². The number of rotatable bonds is 7. The van der Waals surface area contributed by atoms with Gasteiger partial charge in [0.05, 0.1) is 19.4 Å². The summed E-state index contributed by atoms with van der Waals surface area (Å²) in [5, 5.41) is 15.6. The highest BCUT2D eigenvalue weighted by Gasteiger charge is 2.33. The Bertz CT molecular complexity index is 1050. The predicted molar refractivity (Wildman–Crippen MR) is 118 cm³/mol. The van der Waals surface area contributed by atoms with Gasteiger partial charge in [-0.1, -0.05) is 0 Å². The van der Waals surface area contributed by atoms with Crippen molar-refractivity contribution in [2.75, 3.05) is 26.2 Å². The minimum atomic E-state index is -1.26. The van der Waals surface area contributed by atoms with Gasteiger partial charge in [-0.3, -0.25) is 14.5 Å². The van der Waals surface area contributed by atoms with Crippen molar-refractivity contribution >= 4 is 23.6 Å². The normalized spacial score (nSPS) is 16.3. The average molecular weight is 472 g/mol. The molecule has 1 amide bonds. The van der Waals surface area contributed by atoms with Crippen LogP contribution in [0.4, 0.5) is 4.39 Å². The molecular formula is C24H25FN2O7. The lowest BCUT2D eigenvalue weighted by Crippen LogP contribution is -2.41. The average Bonchev–Trinajstić information content (AvgIpc) is 3.37. The maximum absolute atomic E-state index is 13.0. The van der Waals surface area contributed by atoms with E-state index in [1.165, 1.54) is 24.3 Å². The zero-order chi connectivity index (χ0) is 24.7. The fourth-order valence-electron chi connectivity index (χ4n) is 3.93. The number of carboxylic acids is 2. The summed E-state index contributed by atoms with van der Waals surface area (Å²) < 4.78 is 18.2. The number of amides is 1. The Labute approximate surface area is 195 Å². The Morgan fingerprint density at radius 2 is 1.65 bits per heavy atom. The van der Waals surface area contributed by atoms with Crippen molar-refractivity contribution in [1.29, 1.82) is 0 Å². The number of benzene rings is 1. The Morgan fingerprint density at radius 3 is 2.21 bits per heavy atom. The number of piperidine rings is 1. The van der Waals surface area contributed by atoms with Crippen LogP contribution in [0.1, 0.15) is 39.3 Å². The molecule has 0 saturated carbocycles. The van der Waals surface area contributed by atoms with Crippen LogP contribution in [0.3, 0.4) is 0 Å². The topological polar surface area (TPSA) is 128 Å². The van der Waals surface area contributed by atoms with Gasteiger partial charge in [0.15, 0.2) is 11.5 Å². The number of carbonyl (C=O) groups is 4. The predicted octanol–water partition coefficient (Wildman–Crippen LogP) is 2.68. The second kappa shape index (κ2) is 11.4. The van der Waals surface area contributed by atoms with Crippen molar-refractivity contribution in [3.05, 3.63) is 71.5 Å². The molecule has 4 rings (SSSR count). The van der Waals surface area contributed by atoms with Gasteiger partial charge >= 0.3 is 11.9 Å². The lowest BCUT2D eigenvalue weighted by molar-refractivity contribution is -0.134. The third-order valence-electron chi connectivity index (χ3n) is 5.68. The van der Waals surface area contributed by atoms with Gasteiger partial charge in [-0.2, -0.15) is 0 Å². The smallest absolute Gasteiger partial charge is 0.328 e. The van der Waals surface area contributed by atoms with E-state index in [-0.39, 0.29) is 17.5 Å². The van der Waals surface area contributed by atoms with Crippen molar-refractivity contribution in [3.63, 3.8) is 0 Å². The monoisotopic (exact) mass is 472 g/mol. The molecule has 10 heteroatoms. The van der Waals surface area contributed by atoms with Gasteiger partial charge in [0, 0.05) is 29.8 Å². The van der Waals surface area contributed by atoms with E-state index in [1.807, 2.05) is 11.0 Å². The molecule has 3 heterocycles. The summed E-state index contributed by atoms with van der Waals surface area (Å²) in [6.45, 7) is 3.40. The van der Waals surface area contributed by atoms with Crippen LogP contribution in [-0.2, 0) is 16.1 Å². The number of likely N-dealkylation sites (tertiary alicyclic amines) is 1. The summed E-state index contributed by atoms with van der Waals surface area (Å²) in [5.74, 6) is -1.92. The number of furan rings is 1. The van der Waals surface area contributed by atoms with E-state index >= 15 is 0 Å². The molecular weight excluding hydrogens is 447 g/mol. The van der Waals surface area contributed by atoms with Gasteiger partial charge in [-0.25, -0.2) is 14.0 Å². The number of hydrogen-bond acceptors (Lipinski definition) is 6. The van der Waals surface area contributed by atoms with Crippen LogP contribution in [0, 0.1) is 11.7 Å². The first kappa shape index (κ1) is 24.8. The molecule has 0 unspecified atom stereocenters. The van der Waals surface area contributed by atoms with E-state index in [0.29, 0.717) is 42.5 Å². The summed E-state index contributed by atoms with van der Waals surface area (Å²) in [5.41, 5.74) is 1.52. The summed E-state index contributed by atoms with van der Waals surface area (Å²) in [7, 11) is 0. The fraction of sp³-hybridized carbons (Fsp3) is 0.333. The van der Waals surface area contributed by atoms with Crippen molar-refractivity contribution in [3.8, 4) is 0 Å². The van der Waals surface area contributed by atoms with E-state index in [1.54, 1.807) is 6.26 Å². The maximum atomic E-state index is 13.0. The maximum Gasteiger partial charge on any atom is 0.328 e. The molecule has 1 aromatic heterocycles. The molecule has 1 aromatic carbocycles. The number of ketones is 1. The van der Waals surface area contributed by atoms with E-state index < -0.39 is 11.9 Å². The van der Waals surface area contributed by atoms with E-state index in [2.05, 4.69) is 4.90 Å². The first-order valence-corrected chi connectivity index (χ1v) is 10.7. The summed E-state index contributed by atoms with van der Waals surface area (Å²) >= 11 is 0. The molecule has 180 valence electrons. The number of hydrogen-bond donors (Lipinski definition) is 2. The van der Waals surface area contributed by atoms with Gasteiger partial charge in [0.2, 0.25) is 0 Å². The van der Waals surface area contributed by atoms with Crippen LogP contribution >= 0.6 is 0 Å². The number of aliphatic carboxylic acids is 2. The molecule has 2 aliphatic heterocycles.